The van der Waals surface area contributed by atoms with Gasteiger partial charge in [0.15, 0.2) is 0 Å². The molecule has 2 aromatic heterocycles. The standard InChI is InChI=1S/C29H33FN6O3/c1-6-25(38)34-12-13-35(18(3)15-34)28-20-16-33(5)23(26-21(30)8-7-9-24(26)37)14-22(20)36(29(39)32-28)27-17(2)10-11-31-19(27)4/h6-11,18,23,37H,1,12-16H2,2-5H3. The summed E-state index contributed by atoms with van der Waals surface area (Å²) in [4.78, 5) is 40.9. The maximum absolute atomic E-state index is 15.0. The van der Waals surface area contributed by atoms with Gasteiger partial charge >= 0.3 is 5.69 Å². The molecule has 2 unspecified atom stereocenters. The Hall–Kier alpha value is -4.05. The number of pyridine rings is 1. The molecule has 10 heteroatoms. The number of halogens is 1. The molecule has 2 atom stereocenters. The minimum atomic E-state index is -0.503. The number of piperazine rings is 1. The summed E-state index contributed by atoms with van der Waals surface area (Å²) >= 11 is 0. The van der Waals surface area contributed by atoms with Crippen molar-refractivity contribution in [1.29, 1.82) is 0 Å². The van der Waals surface area contributed by atoms with E-state index in [0.29, 0.717) is 49.1 Å². The number of phenols is 1. The first-order valence-electron chi connectivity index (χ1n) is 13.0. The first kappa shape index (κ1) is 26.6. The number of amides is 1. The lowest BCUT2D eigenvalue weighted by Gasteiger charge is -2.43. The summed E-state index contributed by atoms with van der Waals surface area (Å²) in [5, 5.41) is 10.6. The molecule has 5 rings (SSSR count). The van der Waals surface area contributed by atoms with E-state index in [1.54, 1.807) is 15.7 Å². The molecule has 4 heterocycles. The lowest BCUT2D eigenvalue weighted by molar-refractivity contribution is -0.126. The largest absolute Gasteiger partial charge is 0.508 e. The number of benzene rings is 1. The molecular formula is C29H33FN6O3. The maximum atomic E-state index is 15.0. The van der Waals surface area contributed by atoms with Crippen LogP contribution in [-0.4, -0.2) is 68.1 Å². The average molecular weight is 533 g/mol. The van der Waals surface area contributed by atoms with E-state index in [0.717, 1.165) is 11.1 Å². The van der Waals surface area contributed by atoms with Gasteiger partial charge in [0.25, 0.3) is 0 Å². The molecule has 1 saturated heterocycles. The van der Waals surface area contributed by atoms with Gasteiger partial charge in [-0.3, -0.25) is 19.2 Å². The fourth-order valence-electron chi connectivity index (χ4n) is 5.93. The summed E-state index contributed by atoms with van der Waals surface area (Å²) in [6.07, 6.45) is 3.30. The third kappa shape index (κ3) is 4.58. The molecule has 3 aromatic rings. The van der Waals surface area contributed by atoms with Crippen molar-refractivity contribution in [2.75, 3.05) is 31.6 Å². The second kappa shape index (κ2) is 10.3. The van der Waals surface area contributed by atoms with Crippen molar-refractivity contribution in [1.82, 2.24) is 24.3 Å². The zero-order chi connectivity index (χ0) is 28.0. The summed E-state index contributed by atoms with van der Waals surface area (Å²) in [6.45, 7) is 11.2. The van der Waals surface area contributed by atoms with Crippen molar-refractivity contribution in [2.45, 2.75) is 45.8 Å². The van der Waals surface area contributed by atoms with Gasteiger partial charge in [0, 0.05) is 67.7 Å². The highest BCUT2D eigenvalue weighted by molar-refractivity contribution is 5.87. The monoisotopic (exact) mass is 532 g/mol. The van der Waals surface area contributed by atoms with Crippen LogP contribution in [0.3, 0.4) is 0 Å². The highest BCUT2D eigenvalue weighted by atomic mass is 19.1. The van der Waals surface area contributed by atoms with Crippen LogP contribution in [0.4, 0.5) is 10.2 Å². The molecule has 1 aromatic carbocycles. The van der Waals surface area contributed by atoms with Gasteiger partial charge in [-0.2, -0.15) is 4.98 Å². The Kier molecular flexibility index (Phi) is 6.98. The predicted octanol–water partition coefficient (Wildman–Crippen LogP) is 3.04. The van der Waals surface area contributed by atoms with Crippen molar-refractivity contribution in [3.8, 4) is 11.4 Å². The topological polar surface area (TPSA) is 94.8 Å². The molecule has 0 spiro atoms. The number of aryl methyl sites for hydroxylation is 2. The summed E-state index contributed by atoms with van der Waals surface area (Å²) < 4.78 is 16.7. The summed E-state index contributed by atoms with van der Waals surface area (Å²) in [6, 6.07) is 5.55. The van der Waals surface area contributed by atoms with Gasteiger partial charge in [-0.25, -0.2) is 9.18 Å². The minimum absolute atomic E-state index is 0.0880. The fraction of sp³-hybridized carbons (Fsp3) is 0.379. The van der Waals surface area contributed by atoms with Gasteiger partial charge in [-0.1, -0.05) is 12.6 Å². The smallest absolute Gasteiger partial charge is 0.354 e. The van der Waals surface area contributed by atoms with Crippen LogP contribution in [0.1, 0.15) is 41.0 Å². The summed E-state index contributed by atoms with van der Waals surface area (Å²) in [7, 11) is 1.88. The van der Waals surface area contributed by atoms with Crippen molar-refractivity contribution in [3.05, 3.63) is 87.5 Å². The molecule has 0 aliphatic carbocycles. The number of hydrogen-bond acceptors (Lipinski definition) is 7. The normalized spacial score (nSPS) is 19.6. The Morgan fingerprint density at radius 3 is 2.67 bits per heavy atom. The van der Waals surface area contributed by atoms with Crippen LogP contribution in [0.25, 0.3) is 5.69 Å². The van der Waals surface area contributed by atoms with Crippen molar-refractivity contribution < 1.29 is 14.3 Å². The van der Waals surface area contributed by atoms with Crippen LogP contribution < -0.4 is 10.6 Å². The van der Waals surface area contributed by atoms with Gasteiger partial charge in [-0.15, -0.1) is 0 Å². The molecule has 0 bridgehead atoms. The molecule has 2 aliphatic heterocycles. The van der Waals surface area contributed by atoms with Crippen molar-refractivity contribution in [2.24, 2.45) is 0 Å². The van der Waals surface area contributed by atoms with Crippen LogP contribution in [0.5, 0.6) is 5.75 Å². The fourth-order valence-corrected chi connectivity index (χ4v) is 5.93. The van der Waals surface area contributed by atoms with Crippen LogP contribution in [-0.2, 0) is 17.8 Å². The molecule has 0 radical (unpaired) electrons. The molecule has 1 fully saturated rings. The second-order valence-electron chi connectivity index (χ2n) is 10.4. The number of aromatic nitrogens is 3. The van der Waals surface area contributed by atoms with Crippen LogP contribution in [0, 0.1) is 19.7 Å². The van der Waals surface area contributed by atoms with E-state index in [9.17, 15) is 14.7 Å². The number of rotatable bonds is 4. The lowest BCUT2D eigenvalue weighted by Crippen LogP contribution is -2.54. The first-order valence-corrected chi connectivity index (χ1v) is 13.0. The van der Waals surface area contributed by atoms with Crippen molar-refractivity contribution >= 4 is 11.7 Å². The van der Waals surface area contributed by atoms with Crippen molar-refractivity contribution in [3.63, 3.8) is 0 Å². The van der Waals surface area contributed by atoms with E-state index in [-0.39, 0.29) is 29.7 Å². The molecule has 9 nitrogen and oxygen atoms in total. The molecule has 2 aliphatic rings. The lowest BCUT2D eigenvalue weighted by atomic mass is 9.91. The Balaban J connectivity index is 1.69. The van der Waals surface area contributed by atoms with E-state index in [1.165, 1.54) is 24.3 Å². The number of phenolic OH excluding ortho intramolecular Hbond substituents is 1. The highest BCUT2D eigenvalue weighted by Gasteiger charge is 2.37. The number of carbonyl (C=O) groups excluding carboxylic acids is 1. The molecule has 0 saturated carbocycles. The quantitative estimate of drug-likeness (QED) is 0.516. The van der Waals surface area contributed by atoms with E-state index >= 15 is 4.39 Å². The number of carbonyl (C=O) groups is 1. The molecular weight excluding hydrogens is 499 g/mol. The Morgan fingerprint density at radius 2 is 2.00 bits per heavy atom. The molecule has 1 amide bonds. The highest BCUT2D eigenvalue weighted by Crippen LogP contribution is 2.40. The average Bonchev–Trinajstić information content (AvgIpc) is 2.89. The van der Waals surface area contributed by atoms with Gasteiger partial charge < -0.3 is 14.9 Å². The number of nitrogens with zero attached hydrogens (tertiary/aromatic N) is 6. The van der Waals surface area contributed by atoms with E-state index < -0.39 is 17.5 Å². The third-order valence-electron chi connectivity index (χ3n) is 7.89. The number of likely N-dealkylation sites (N-methyl/N-ethyl adjacent to an activating group) is 1. The van der Waals surface area contributed by atoms with E-state index in [4.69, 9.17) is 0 Å². The summed E-state index contributed by atoms with van der Waals surface area (Å²) in [5.41, 5.74) is 3.55. The van der Waals surface area contributed by atoms with Gasteiger partial charge in [0.05, 0.1) is 11.4 Å². The number of hydrogen-bond donors (Lipinski definition) is 1. The third-order valence-corrected chi connectivity index (χ3v) is 7.89. The predicted molar refractivity (Wildman–Crippen MR) is 147 cm³/mol. The minimum Gasteiger partial charge on any atom is -0.508 e. The Labute approximate surface area is 226 Å². The van der Waals surface area contributed by atoms with E-state index in [1.807, 2.05) is 38.8 Å². The second-order valence-corrected chi connectivity index (χ2v) is 10.4. The number of fused-ring (bicyclic) bond motifs is 1. The van der Waals surface area contributed by atoms with Crippen LogP contribution in [0.15, 0.2) is 47.9 Å². The zero-order valence-electron chi connectivity index (χ0n) is 22.7. The van der Waals surface area contributed by atoms with Crippen LogP contribution >= 0.6 is 0 Å². The van der Waals surface area contributed by atoms with Gasteiger partial charge in [-0.05, 0) is 57.7 Å². The van der Waals surface area contributed by atoms with Crippen LogP contribution in [0.2, 0.25) is 0 Å². The summed E-state index contributed by atoms with van der Waals surface area (Å²) in [5.74, 6) is -0.166. The maximum Gasteiger partial charge on any atom is 0.354 e. The van der Waals surface area contributed by atoms with E-state index in [2.05, 4.69) is 21.4 Å². The Morgan fingerprint density at radius 1 is 1.23 bits per heavy atom. The zero-order valence-corrected chi connectivity index (χ0v) is 22.7. The molecule has 1 N–H and O–H groups in total. The molecule has 204 valence electrons. The van der Waals surface area contributed by atoms with Gasteiger partial charge in [0.1, 0.15) is 17.4 Å². The van der Waals surface area contributed by atoms with Gasteiger partial charge in [0.2, 0.25) is 5.91 Å². The first-order chi connectivity index (χ1) is 18.6. The number of aromatic hydroxyl groups is 1. The Bertz CT molecular complexity index is 1480. The SMILES string of the molecule is C=CC(=O)N1CCN(c2nc(=O)n(-c3c(C)ccnc3C)c3c2CN(C)C(c2c(O)cccc2F)C3)C(C)C1. The molecule has 39 heavy (non-hydrogen) atoms. The number of anilines is 1.